The molecule has 2 fully saturated rings. The Labute approximate surface area is 179 Å². The van der Waals surface area contributed by atoms with Crippen LogP contribution in [0.4, 0.5) is 0 Å². The van der Waals surface area contributed by atoms with Crippen LogP contribution in [0.5, 0.6) is 0 Å². The molecule has 0 aromatic carbocycles. The van der Waals surface area contributed by atoms with Gasteiger partial charge in [0.05, 0.1) is 19.4 Å². The van der Waals surface area contributed by atoms with Crippen molar-refractivity contribution in [3.63, 3.8) is 0 Å². The largest absolute Gasteiger partial charge is 0.459 e. The SMILES string of the molecule is O=C(c1ccco1)N1C[C@@H](c2cccnc2)[C@@]2(C1)OCCN(Cc1ccncc1)C2=O. The molecule has 0 unspecified atom stereocenters. The normalized spacial score (nSPS) is 23.5. The smallest absolute Gasteiger partial charge is 0.289 e. The van der Waals surface area contributed by atoms with Crippen LogP contribution < -0.4 is 0 Å². The van der Waals surface area contributed by atoms with Gasteiger partial charge in [0.25, 0.3) is 11.8 Å². The quantitative estimate of drug-likeness (QED) is 0.645. The molecule has 0 radical (unpaired) electrons. The van der Waals surface area contributed by atoms with E-state index in [0.717, 1.165) is 11.1 Å². The van der Waals surface area contributed by atoms with Crippen LogP contribution in [0.3, 0.4) is 0 Å². The molecule has 158 valence electrons. The molecule has 8 nitrogen and oxygen atoms in total. The predicted octanol–water partition coefficient (Wildman–Crippen LogP) is 2.11. The van der Waals surface area contributed by atoms with Gasteiger partial charge in [-0.3, -0.25) is 19.6 Å². The molecule has 1 spiro atoms. The monoisotopic (exact) mass is 418 g/mol. The molecule has 3 aromatic rings. The van der Waals surface area contributed by atoms with Crippen LogP contribution in [0.1, 0.15) is 27.6 Å². The number of furan rings is 1. The van der Waals surface area contributed by atoms with E-state index in [1.807, 2.05) is 29.2 Å². The fourth-order valence-electron chi connectivity index (χ4n) is 4.48. The van der Waals surface area contributed by atoms with Crippen molar-refractivity contribution >= 4 is 11.8 Å². The Morgan fingerprint density at radius 2 is 2.00 bits per heavy atom. The van der Waals surface area contributed by atoms with Gasteiger partial charge in [-0.2, -0.15) is 0 Å². The van der Waals surface area contributed by atoms with Gasteiger partial charge in [0.15, 0.2) is 11.4 Å². The summed E-state index contributed by atoms with van der Waals surface area (Å²) < 4.78 is 11.5. The zero-order valence-electron chi connectivity index (χ0n) is 16.9. The lowest BCUT2D eigenvalue weighted by atomic mass is 9.83. The molecular formula is C23H22N4O4. The molecule has 2 atom stereocenters. The minimum Gasteiger partial charge on any atom is -0.459 e. The van der Waals surface area contributed by atoms with E-state index in [4.69, 9.17) is 9.15 Å². The third-order valence-corrected chi connectivity index (χ3v) is 5.99. The molecule has 5 heterocycles. The average Bonchev–Trinajstić information content (AvgIpc) is 3.47. The van der Waals surface area contributed by atoms with Crippen LogP contribution in [0, 0.1) is 0 Å². The van der Waals surface area contributed by atoms with Gasteiger partial charge in [-0.1, -0.05) is 6.07 Å². The van der Waals surface area contributed by atoms with Crippen molar-refractivity contribution in [2.75, 3.05) is 26.2 Å². The number of aromatic nitrogens is 2. The van der Waals surface area contributed by atoms with Gasteiger partial charge < -0.3 is 19.0 Å². The molecule has 3 aromatic heterocycles. The third-order valence-electron chi connectivity index (χ3n) is 5.99. The first kappa shape index (κ1) is 19.4. The summed E-state index contributed by atoms with van der Waals surface area (Å²) in [6.07, 6.45) is 8.33. The van der Waals surface area contributed by atoms with Crippen LogP contribution in [0.15, 0.2) is 71.9 Å². The fraction of sp³-hybridized carbons (Fsp3) is 0.304. The third kappa shape index (κ3) is 3.48. The molecule has 31 heavy (non-hydrogen) atoms. The molecule has 0 aliphatic carbocycles. The number of carbonyl (C=O) groups is 2. The maximum atomic E-state index is 13.8. The van der Waals surface area contributed by atoms with Crippen molar-refractivity contribution in [2.45, 2.75) is 18.1 Å². The maximum absolute atomic E-state index is 13.8. The van der Waals surface area contributed by atoms with Crippen LogP contribution >= 0.6 is 0 Å². The second-order valence-corrected chi connectivity index (χ2v) is 7.82. The Hall–Kier alpha value is -3.52. The highest BCUT2D eigenvalue weighted by Gasteiger charge is 2.58. The number of likely N-dealkylation sites (tertiary alicyclic amines) is 1. The molecule has 2 aliphatic heterocycles. The van der Waals surface area contributed by atoms with Crippen molar-refractivity contribution in [1.29, 1.82) is 0 Å². The van der Waals surface area contributed by atoms with Gasteiger partial charge in [-0.05, 0) is 41.5 Å². The summed E-state index contributed by atoms with van der Waals surface area (Å²) in [6, 6.07) is 10.9. The van der Waals surface area contributed by atoms with E-state index in [-0.39, 0.29) is 30.0 Å². The number of pyridine rings is 2. The number of rotatable bonds is 4. The molecule has 2 saturated heterocycles. The Morgan fingerprint density at radius 1 is 1.13 bits per heavy atom. The average molecular weight is 418 g/mol. The van der Waals surface area contributed by atoms with Gasteiger partial charge in [-0.25, -0.2) is 0 Å². The zero-order chi connectivity index (χ0) is 21.3. The lowest BCUT2D eigenvalue weighted by Gasteiger charge is -2.42. The van der Waals surface area contributed by atoms with E-state index in [1.165, 1.54) is 6.26 Å². The minimum atomic E-state index is -1.16. The van der Waals surface area contributed by atoms with Crippen molar-refractivity contribution < 1.29 is 18.7 Å². The number of carbonyl (C=O) groups excluding carboxylic acids is 2. The summed E-state index contributed by atoms with van der Waals surface area (Å²) in [5.41, 5.74) is 0.715. The van der Waals surface area contributed by atoms with E-state index in [9.17, 15) is 9.59 Å². The summed E-state index contributed by atoms with van der Waals surface area (Å²) in [4.78, 5) is 38.5. The van der Waals surface area contributed by atoms with E-state index < -0.39 is 5.60 Å². The number of hydrogen-bond acceptors (Lipinski definition) is 6. The standard InChI is InChI=1S/C23H22N4O4/c28-21(20-4-2-11-30-20)27-15-19(18-3-1-7-25-13-18)23(16-27)22(29)26(10-12-31-23)14-17-5-8-24-9-6-17/h1-9,11,13,19H,10,12,14-16H2/t19-,23+/m0/s1. The Kier molecular flexibility index (Phi) is 4.99. The van der Waals surface area contributed by atoms with Crippen molar-refractivity contribution in [3.05, 3.63) is 84.3 Å². The van der Waals surface area contributed by atoms with E-state index in [0.29, 0.717) is 26.2 Å². The van der Waals surface area contributed by atoms with Crippen LogP contribution in [-0.4, -0.2) is 63.4 Å². The molecule has 5 rings (SSSR count). The van der Waals surface area contributed by atoms with Crippen molar-refractivity contribution in [1.82, 2.24) is 19.8 Å². The molecule has 2 aliphatic rings. The highest BCUT2D eigenvalue weighted by Crippen LogP contribution is 2.42. The second kappa shape index (κ2) is 7.96. The highest BCUT2D eigenvalue weighted by molar-refractivity contribution is 5.94. The van der Waals surface area contributed by atoms with E-state index in [2.05, 4.69) is 9.97 Å². The van der Waals surface area contributed by atoms with Crippen LogP contribution in [-0.2, 0) is 16.1 Å². The fourth-order valence-corrected chi connectivity index (χ4v) is 4.48. The van der Waals surface area contributed by atoms with Crippen molar-refractivity contribution in [3.8, 4) is 0 Å². The van der Waals surface area contributed by atoms with Gasteiger partial charge >= 0.3 is 0 Å². The number of morpholine rings is 1. The molecule has 2 amide bonds. The Bertz CT molecular complexity index is 1060. The lowest BCUT2D eigenvalue weighted by Crippen LogP contribution is -2.60. The Balaban J connectivity index is 1.48. The van der Waals surface area contributed by atoms with Crippen molar-refractivity contribution in [2.24, 2.45) is 0 Å². The Morgan fingerprint density at radius 3 is 2.74 bits per heavy atom. The first-order valence-electron chi connectivity index (χ1n) is 10.2. The molecule has 0 N–H and O–H groups in total. The molecule has 0 saturated carbocycles. The maximum Gasteiger partial charge on any atom is 0.289 e. The first-order chi connectivity index (χ1) is 15.2. The topological polar surface area (TPSA) is 88.8 Å². The molecular weight excluding hydrogens is 396 g/mol. The number of hydrogen-bond donors (Lipinski definition) is 0. The van der Waals surface area contributed by atoms with Crippen LogP contribution in [0.25, 0.3) is 0 Å². The summed E-state index contributed by atoms with van der Waals surface area (Å²) in [7, 11) is 0. The number of ether oxygens (including phenoxy) is 1. The summed E-state index contributed by atoms with van der Waals surface area (Å²) in [5.74, 6) is -0.440. The highest BCUT2D eigenvalue weighted by atomic mass is 16.5. The lowest BCUT2D eigenvalue weighted by molar-refractivity contribution is -0.172. The first-order valence-corrected chi connectivity index (χ1v) is 10.2. The summed E-state index contributed by atoms with van der Waals surface area (Å²) in [5, 5.41) is 0. The van der Waals surface area contributed by atoms with Gasteiger partial charge in [-0.15, -0.1) is 0 Å². The molecule has 0 bridgehead atoms. The summed E-state index contributed by atoms with van der Waals surface area (Å²) >= 11 is 0. The minimum absolute atomic E-state index is 0.112. The van der Waals surface area contributed by atoms with E-state index >= 15 is 0 Å². The van der Waals surface area contributed by atoms with E-state index in [1.54, 1.807) is 41.8 Å². The zero-order valence-corrected chi connectivity index (χ0v) is 16.9. The van der Waals surface area contributed by atoms with Gasteiger partial charge in [0, 0.05) is 50.3 Å². The number of nitrogens with zero attached hydrogens (tertiary/aromatic N) is 4. The van der Waals surface area contributed by atoms with Gasteiger partial charge in [0.2, 0.25) is 0 Å². The van der Waals surface area contributed by atoms with Crippen LogP contribution in [0.2, 0.25) is 0 Å². The number of amides is 2. The predicted molar refractivity (Wildman–Crippen MR) is 110 cm³/mol. The second-order valence-electron chi connectivity index (χ2n) is 7.82. The van der Waals surface area contributed by atoms with Gasteiger partial charge in [0.1, 0.15) is 0 Å². The molecule has 8 heteroatoms. The summed E-state index contributed by atoms with van der Waals surface area (Å²) in [6.45, 7) is 1.88.